The van der Waals surface area contributed by atoms with Gasteiger partial charge in [-0.3, -0.25) is 0 Å². The third kappa shape index (κ3) is 3.24. The lowest BCUT2D eigenvalue weighted by molar-refractivity contribution is 0.243. The van der Waals surface area contributed by atoms with Crippen LogP contribution in [0.25, 0.3) is 0 Å². The molecule has 0 radical (unpaired) electrons. The van der Waals surface area contributed by atoms with Gasteiger partial charge in [0.05, 0.1) is 0 Å². The Morgan fingerprint density at radius 3 is 2.83 bits per heavy atom. The summed E-state index contributed by atoms with van der Waals surface area (Å²) in [5.41, 5.74) is 1.36. The van der Waals surface area contributed by atoms with Gasteiger partial charge in [0.1, 0.15) is 0 Å². The Hall–Kier alpha value is -1.53. The van der Waals surface area contributed by atoms with Gasteiger partial charge in [-0.05, 0) is 37.8 Å². The zero-order valence-electron chi connectivity index (χ0n) is 11.0. The molecule has 18 heavy (non-hydrogen) atoms. The second kappa shape index (κ2) is 6.42. The quantitative estimate of drug-likeness (QED) is 0.652. The Labute approximate surface area is 109 Å². The van der Waals surface area contributed by atoms with E-state index < -0.39 is 0 Å². The summed E-state index contributed by atoms with van der Waals surface area (Å²) in [5.74, 6) is 0.621. The molecule has 0 saturated carbocycles. The van der Waals surface area contributed by atoms with Crippen molar-refractivity contribution in [3.63, 3.8) is 0 Å². The molecule has 0 spiro atoms. The van der Waals surface area contributed by atoms with Crippen molar-refractivity contribution in [2.24, 2.45) is 5.92 Å². The standard InChI is InChI=1S/C15H21N3/c1-2-18(12-16)11-13-8-9-17-15(10-13)14-6-4-3-5-7-14/h3-7,13,15,17H,2,8-11H2,1H3. The molecule has 1 aromatic rings. The topological polar surface area (TPSA) is 39.1 Å². The maximum Gasteiger partial charge on any atom is 0.179 e. The highest BCUT2D eigenvalue weighted by atomic mass is 15.1. The summed E-state index contributed by atoms with van der Waals surface area (Å²) in [7, 11) is 0. The molecular formula is C15H21N3. The monoisotopic (exact) mass is 243 g/mol. The van der Waals surface area contributed by atoms with Crippen LogP contribution in [0.3, 0.4) is 0 Å². The van der Waals surface area contributed by atoms with Crippen LogP contribution in [0.1, 0.15) is 31.4 Å². The molecule has 3 heteroatoms. The van der Waals surface area contributed by atoms with E-state index in [1.807, 2.05) is 11.8 Å². The number of rotatable bonds is 4. The first-order valence-corrected chi connectivity index (χ1v) is 6.76. The highest BCUT2D eigenvalue weighted by molar-refractivity contribution is 5.19. The maximum absolute atomic E-state index is 9.00. The molecule has 1 aliphatic rings. The highest BCUT2D eigenvalue weighted by Gasteiger charge is 2.23. The molecule has 2 atom stereocenters. The molecule has 2 unspecified atom stereocenters. The first kappa shape index (κ1) is 12.9. The van der Waals surface area contributed by atoms with Crippen molar-refractivity contribution < 1.29 is 0 Å². The van der Waals surface area contributed by atoms with E-state index in [0.29, 0.717) is 12.0 Å². The Kier molecular flexibility index (Phi) is 4.60. The van der Waals surface area contributed by atoms with E-state index >= 15 is 0 Å². The molecule has 1 heterocycles. The first-order chi connectivity index (χ1) is 8.83. The predicted molar refractivity (Wildman–Crippen MR) is 72.8 cm³/mol. The minimum atomic E-state index is 0.447. The smallest absolute Gasteiger partial charge is 0.179 e. The molecule has 0 aromatic heterocycles. The zero-order valence-corrected chi connectivity index (χ0v) is 11.0. The average molecular weight is 243 g/mol. The fraction of sp³-hybridized carbons (Fsp3) is 0.533. The minimum Gasteiger partial charge on any atom is -0.311 e. The summed E-state index contributed by atoms with van der Waals surface area (Å²) in [6.07, 6.45) is 4.56. The van der Waals surface area contributed by atoms with Crippen LogP contribution < -0.4 is 5.32 Å². The van der Waals surface area contributed by atoms with Gasteiger partial charge >= 0.3 is 0 Å². The van der Waals surface area contributed by atoms with Crippen LogP contribution in [0.4, 0.5) is 0 Å². The van der Waals surface area contributed by atoms with E-state index in [2.05, 4.69) is 41.8 Å². The van der Waals surface area contributed by atoms with Gasteiger partial charge in [0.25, 0.3) is 0 Å². The van der Waals surface area contributed by atoms with Gasteiger partial charge < -0.3 is 10.2 Å². The summed E-state index contributed by atoms with van der Waals surface area (Å²) in [6.45, 7) is 4.81. The first-order valence-electron chi connectivity index (χ1n) is 6.76. The number of nitrogens with one attached hydrogen (secondary N) is 1. The van der Waals surface area contributed by atoms with Gasteiger partial charge in [-0.15, -0.1) is 0 Å². The van der Waals surface area contributed by atoms with Gasteiger partial charge in [0.15, 0.2) is 6.19 Å². The third-order valence-corrected chi connectivity index (χ3v) is 3.72. The van der Waals surface area contributed by atoms with Crippen LogP contribution in [0, 0.1) is 17.4 Å². The van der Waals surface area contributed by atoms with Crippen molar-refractivity contribution in [1.82, 2.24) is 10.2 Å². The molecule has 0 bridgehead atoms. The van der Waals surface area contributed by atoms with Crippen molar-refractivity contribution >= 4 is 0 Å². The molecule has 96 valence electrons. The average Bonchev–Trinajstić information content (AvgIpc) is 2.46. The lowest BCUT2D eigenvalue weighted by atomic mass is 9.88. The lowest BCUT2D eigenvalue weighted by Gasteiger charge is -2.32. The fourth-order valence-corrected chi connectivity index (χ4v) is 2.65. The zero-order chi connectivity index (χ0) is 12.8. The summed E-state index contributed by atoms with van der Waals surface area (Å²) in [5, 5.41) is 12.6. The number of nitriles is 1. The molecule has 1 N–H and O–H groups in total. The highest BCUT2D eigenvalue weighted by Crippen LogP contribution is 2.27. The second-order valence-electron chi connectivity index (χ2n) is 4.95. The number of hydrogen-bond acceptors (Lipinski definition) is 3. The van der Waals surface area contributed by atoms with Crippen LogP contribution >= 0.6 is 0 Å². The van der Waals surface area contributed by atoms with Crippen molar-refractivity contribution in [1.29, 1.82) is 5.26 Å². The van der Waals surface area contributed by atoms with E-state index in [1.54, 1.807) is 0 Å². The summed E-state index contributed by atoms with van der Waals surface area (Å²) in [4.78, 5) is 1.86. The third-order valence-electron chi connectivity index (χ3n) is 3.72. The largest absolute Gasteiger partial charge is 0.311 e. The normalized spacial score (nSPS) is 23.3. The molecular weight excluding hydrogens is 222 g/mol. The molecule has 0 aliphatic carbocycles. The van der Waals surface area contributed by atoms with E-state index in [1.165, 1.54) is 12.0 Å². The van der Waals surface area contributed by atoms with Gasteiger partial charge in [0.2, 0.25) is 0 Å². The van der Waals surface area contributed by atoms with Gasteiger partial charge in [-0.1, -0.05) is 30.3 Å². The Morgan fingerprint density at radius 2 is 2.17 bits per heavy atom. The van der Waals surface area contributed by atoms with Crippen molar-refractivity contribution in [3.8, 4) is 6.19 Å². The van der Waals surface area contributed by atoms with Crippen LogP contribution in [0.5, 0.6) is 0 Å². The van der Waals surface area contributed by atoms with Gasteiger partial charge in [-0.2, -0.15) is 5.26 Å². The molecule has 1 saturated heterocycles. The van der Waals surface area contributed by atoms with E-state index in [9.17, 15) is 0 Å². The molecule has 1 aliphatic heterocycles. The predicted octanol–water partition coefficient (Wildman–Crippen LogP) is 2.53. The molecule has 3 nitrogen and oxygen atoms in total. The van der Waals surface area contributed by atoms with E-state index in [0.717, 1.165) is 26.1 Å². The number of hydrogen-bond donors (Lipinski definition) is 1. The van der Waals surface area contributed by atoms with Crippen molar-refractivity contribution in [2.75, 3.05) is 19.6 Å². The van der Waals surface area contributed by atoms with Gasteiger partial charge in [-0.25, -0.2) is 0 Å². The molecule has 1 aromatic carbocycles. The summed E-state index contributed by atoms with van der Waals surface area (Å²) >= 11 is 0. The maximum atomic E-state index is 9.00. The van der Waals surface area contributed by atoms with Crippen LogP contribution in [-0.4, -0.2) is 24.5 Å². The van der Waals surface area contributed by atoms with Gasteiger partial charge in [0, 0.05) is 19.1 Å². The van der Waals surface area contributed by atoms with E-state index in [-0.39, 0.29) is 0 Å². The summed E-state index contributed by atoms with van der Waals surface area (Å²) < 4.78 is 0. The minimum absolute atomic E-state index is 0.447. The number of benzene rings is 1. The second-order valence-corrected chi connectivity index (χ2v) is 4.95. The van der Waals surface area contributed by atoms with Crippen LogP contribution in [-0.2, 0) is 0 Å². The van der Waals surface area contributed by atoms with Crippen molar-refractivity contribution in [3.05, 3.63) is 35.9 Å². The number of piperidine rings is 1. The van der Waals surface area contributed by atoms with Crippen molar-refractivity contribution in [2.45, 2.75) is 25.8 Å². The number of nitrogens with zero attached hydrogens (tertiary/aromatic N) is 2. The molecule has 0 amide bonds. The Bertz CT molecular complexity index is 396. The Morgan fingerprint density at radius 1 is 1.39 bits per heavy atom. The molecule has 1 fully saturated rings. The van der Waals surface area contributed by atoms with Crippen LogP contribution in [0.2, 0.25) is 0 Å². The molecule has 2 rings (SSSR count). The Balaban J connectivity index is 1.95. The van der Waals surface area contributed by atoms with E-state index in [4.69, 9.17) is 5.26 Å². The fourth-order valence-electron chi connectivity index (χ4n) is 2.65. The van der Waals surface area contributed by atoms with Crippen LogP contribution in [0.15, 0.2) is 30.3 Å². The summed E-state index contributed by atoms with van der Waals surface area (Å²) in [6, 6.07) is 11.0. The SMILES string of the molecule is CCN(C#N)CC1CCNC(c2ccccc2)C1. The lowest BCUT2D eigenvalue weighted by Crippen LogP contribution is -2.36.